The standard InChI is InChI=1S/C22H24FNO6/c1-27-11-12-29-16-9-7-15(8-10-16)21(25)24-14-17(13-19(24)22(26)28-2)30-20-6-4-3-5-18(20)23/h3-10,17,19H,11-14H2,1-2H3. The number of ether oxygens (including phenoxy) is 4. The lowest BCUT2D eigenvalue weighted by atomic mass is 10.1. The molecule has 1 amide bonds. The van der Waals surface area contributed by atoms with Crippen LogP contribution in [0, 0.1) is 5.82 Å². The summed E-state index contributed by atoms with van der Waals surface area (Å²) < 4.78 is 34.9. The number of benzene rings is 2. The number of hydrogen-bond donors (Lipinski definition) is 0. The molecular formula is C22H24FNO6. The second-order valence-electron chi connectivity index (χ2n) is 6.77. The molecule has 1 aliphatic rings. The Hall–Kier alpha value is -3.13. The topological polar surface area (TPSA) is 74.3 Å². The van der Waals surface area contributed by atoms with E-state index in [2.05, 4.69) is 0 Å². The fourth-order valence-electron chi connectivity index (χ4n) is 3.29. The Morgan fingerprint density at radius 1 is 1.07 bits per heavy atom. The summed E-state index contributed by atoms with van der Waals surface area (Å²) in [5.74, 6) is -0.690. The van der Waals surface area contributed by atoms with E-state index in [1.165, 1.54) is 24.1 Å². The van der Waals surface area contributed by atoms with Gasteiger partial charge in [0.1, 0.15) is 24.5 Å². The first kappa shape index (κ1) is 21.6. The molecule has 160 valence electrons. The zero-order valence-electron chi connectivity index (χ0n) is 16.9. The number of para-hydroxylation sites is 1. The summed E-state index contributed by atoms with van der Waals surface area (Å²) in [6, 6.07) is 11.8. The highest BCUT2D eigenvalue weighted by molar-refractivity contribution is 5.97. The zero-order chi connectivity index (χ0) is 21.5. The SMILES string of the molecule is COCCOc1ccc(C(=O)N2CC(Oc3ccccc3F)CC2C(=O)OC)cc1. The Kier molecular flexibility index (Phi) is 7.24. The lowest BCUT2D eigenvalue weighted by Gasteiger charge is -2.22. The van der Waals surface area contributed by atoms with Gasteiger partial charge in [-0.3, -0.25) is 4.79 Å². The maximum atomic E-state index is 13.9. The minimum atomic E-state index is -0.808. The molecule has 0 aromatic heterocycles. The molecule has 2 aromatic carbocycles. The van der Waals surface area contributed by atoms with E-state index in [4.69, 9.17) is 18.9 Å². The Labute approximate surface area is 174 Å². The van der Waals surface area contributed by atoms with Gasteiger partial charge in [-0.25, -0.2) is 9.18 Å². The number of likely N-dealkylation sites (tertiary alicyclic amines) is 1. The number of nitrogens with zero attached hydrogens (tertiary/aromatic N) is 1. The molecule has 0 N–H and O–H groups in total. The van der Waals surface area contributed by atoms with Crippen LogP contribution in [0.25, 0.3) is 0 Å². The number of amides is 1. The van der Waals surface area contributed by atoms with Crippen LogP contribution in [0.2, 0.25) is 0 Å². The summed E-state index contributed by atoms with van der Waals surface area (Å²) in [6.07, 6.45) is -0.322. The van der Waals surface area contributed by atoms with Crippen LogP contribution in [0.5, 0.6) is 11.5 Å². The van der Waals surface area contributed by atoms with Crippen molar-refractivity contribution in [2.45, 2.75) is 18.6 Å². The summed E-state index contributed by atoms with van der Waals surface area (Å²) in [6.45, 7) is 0.993. The van der Waals surface area contributed by atoms with E-state index in [0.29, 0.717) is 24.5 Å². The Morgan fingerprint density at radius 3 is 2.47 bits per heavy atom. The van der Waals surface area contributed by atoms with Crippen LogP contribution in [0.15, 0.2) is 48.5 Å². The van der Waals surface area contributed by atoms with Gasteiger partial charge in [0.15, 0.2) is 11.6 Å². The molecule has 1 aliphatic heterocycles. The number of methoxy groups -OCH3 is 2. The lowest BCUT2D eigenvalue weighted by molar-refractivity contribution is -0.145. The maximum Gasteiger partial charge on any atom is 0.328 e. The van der Waals surface area contributed by atoms with Gasteiger partial charge in [-0.05, 0) is 36.4 Å². The third kappa shape index (κ3) is 5.07. The minimum absolute atomic E-state index is 0.0815. The van der Waals surface area contributed by atoms with Crippen LogP contribution in [0.3, 0.4) is 0 Å². The largest absolute Gasteiger partial charge is 0.491 e. The van der Waals surface area contributed by atoms with Gasteiger partial charge >= 0.3 is 5.97 Å². The molecule has 8 heteroatoms. The van der Waals surface area contributed by atoms with Crippen molar-refractivity contribution in [2.24, 2.45) is 0 Å². The van der Waals surface area contributed by atoms with Gasteiger partial charge in [0, 0.05) is 19.1 Å². The third-order valence-corrected chi connectivity index (χ3v) is 4.78. The number of carbonyl (C=O) groups excluding carboxylic acids is 2. The molecule has 1 saturated heterocycles. The summed E-state index contributed by atoms with van der Waals surface area (Å²) in [4.78, 5) is 26.7. The number of carbonyl (C=O) groups is 2. The molecule has 1 fully saturated rings. The smallest absolute Gasteiger partial charge is 0.328 e. The molecule has 30 heavy (non-hydrogen) atoms. The second-order valence-corrected chi connectivity index (χ2v) is 6.77. The van der Waals surface area contributed by atoms with Gasteiger partial charge in [-0.1, -0.05) is 12.1 Å². The van der Waals surface area contributed by atoms with E-state index in [9.17, 15) is 14.0 Å². The molecule has 2 unspecified atom stereocenters. The van der Waals surface area contributed by atoms with Gasteiger partial charge in [-0.2, -0.15) is 0 Å². The second kappa shape index (κ2) is 10.1. The highest BCUT2D eigenvalue weighted by Crippen LogP contribution is 2.27. The predicted octanol–water partition coefficient (Wildman–Crippen LogP) is 2.69. The van der Waals surface area contributed by atoms with Crippen LogP contribution in [0.1, 0.15) is 16.8 Å². The van der Waals surface area contributed by atoms with Crippen LogP contribution in [-0.2, 0) is 14.3 Å². The molecule has 0 saturated carbocycles. The van der Waals surface area contributed by atoms with E-state index < -0.39 is 23.9 Å². The third-order valence-electron chi connectivity index (χ3n) is 4.78. The number of halogens is 1. The summed E-state index contributed by atoms with van der Waals surface area (Å²) in [5, 5.41) is 0. The minimum Gasteiger partial charge on any atom is -0.491 e. The van der Waals surface area contributed by atoms with Gasteiger partial charge in [-0.15, -0.1) is 0 Å². The molecule has 0 radical (unpaired) electrons. The molecule has 3 rings (SSSR count). The van der Waals surface area contributed by atoms with Gasteiger partial charge in [0.2, 0.25) is 0 Å². The van der Waals surface area contributed by atoms with E-state index in [1.54, 1.807) is 43.5 Å². The van der Waals surface area contributed by atoms with Crippen LogP contribution >= 0.6 is 0 Å². The normalized spacial score (nSPS) is 18.2. The molecule has 0 aliphatic carbocycles. The molecular weight excluding hydrogens is 393 g/mol. The first-order valence-electron chi connectivity index (χ1n) is 9.55. The average molecular weight is 417 g/mol. The van der Waals surface area contributed by atoms with Crippen molar-refractivity contribution >= 4 is 11.9 Å². The lowest BCUT2D eigenvalue weighted by Crippen LogP contribution is -2.41. The Balaban J connectivity index is 1.72. The van der Waals surface area contributed by atoms with E-state index >= 15 is 0 Å². The molecule has 0 spiro atoms. The van der Waals surface area contributed by atoms with Crippen molar-refractivity contribution in [3.8, 4) is 11.5 Å². The van der Waals surface area contributed by atoms with Crippen molar-refractivity contribution in [1.29, 1.82) is 0 Å². The molecule has 0 bridgehead atoms. The molecule has 1 heterocycles. The highest BCUT2D eigenvalue weighted by Gasteiger charge is 2.42. The van der Waals surface area contributed by atoms with E-state index in [-0.39, 0.29) is 24.6 Å². The van der Waals surface area contributed by atoms with Crippen LogP contribution < -0.4 is 9.47 Å². The summed E-state index contributed by atoms with van der Waals surface area (Å²) >= 11 is 0. The number of rotatable bonds is 8. The Morgan fingerprint density at radius 2 is 1.80 bits per heavy atom. The van der Waals surface area contributed by atoms with E-state index in [0.717, 1.165) is 0 Å². The van der Waals surface area contributed by atoms with Crippen molar-refractivity contribution < 1.29 is 32.9 Å². The fraction of sp³-hybridized carbons (Fsp3) is 0.364. The first-order chi connectivity index (χ1) is 14.5. The monoisotopic (exact) mass is 417 g/mol. The highest BCUT2D eigenvalue weighted by atomic mass is 19.1. The number of esters is 1. The van der Waals surface area contributed by atoms with Crippen molar-refractivity contribution in [1.82, 2.24) is 4.90 Å². The average Bonchev–Trinajstić information content (AvgIpc) is 3.19. The van der Waals surface area contributed by atoms with Crippen molar-refractivity contribution in [2.75, 3.05) is 34.0 Å². The predicted molar refractivity (Wildman–Crippen MR) is 106 cm³/mol. The molecule has 7 nitrogen and oxygen atoms in total. The quantitative estimate of drug-likeness (QED) is 0.486. The Bertz CT molecular complexity index is 872. The first-order valence-corrected chi connectivity index (χ1v) is 9.55. The number of hydrogen-bond acceptors (Lipinski definition) is 6. The van der Waals surface area contributed by atoms with Gasteiger partial charge in [0.25, 0.3) is 5.91 Å². The maximum absolute atomic E-state index is 13.9. The van der Waals surface area contributed by atoms with Gasteiger partial charge < -0.3 is 23.8 Å². The summed E-state index contributed by atoms with van der Waals surface area (Å²) in [7, 11) is 2.85. The summed E-state index contributed by atoms with van der Waals surface area (Å²) in [5.41, 5.74) is 0.398. The molecule has 2 atom stereocenters. The van der Waals surface area contributed by atoms with Gasteiger partial charge in [0.05, 0.1) is 20.3 Å². The fourth-order valence-corrected chi connectivity index (χ4v) is 3.29. The van der Waals surface area contributed by atoms with Crippen molar-refractivity contribution in [3.05, 3.63) is 59.9 Å². The van der Waals surface area contributed by atoms with Crippen LogP contribution in [0.4, 0.5) is 4.39 Å². The zero-order valence-corrected chi connectivity index (χ0v) is 16.9. The van der Waals surface area contributed by atoms with E-state index in [1.807, 2.05) is 0 Å². The van der Waals surface area contributed by atoms with Crippen LogP contribution in [-0.4, -0.2) is 62.9 Å². The van der Waals surface area contributed by atoms with Crippen molar-refractivity contribution in [3.63, 3.8) is 0 Å². The molecule has 2 aromatic rings.